The van der Waals surface area contributed by atoms with Crippen molar-refractivity contribution in [2.24, 2.45) is 0 Å². The van der Waals surface area contributed by atoms with Crippen LogP contribution in [0.2, 0.25) is 0 Å². The van der Waals surface area contributed by atoms with Crippen molar-refractivity contribution in [1.29, 1.82) is 0 Å². The Morgan fingerprint density at radius 3 is 2.39 bits per heavy atom. The molecule has 0 spiro atoms. The van der Waals surface area contributed by atoms with Gasteiger partial charge in [0.2, 0.25) is 0 Å². The molecule has 0 fully saturated rings. The van der Waals surface area contributed by atoms with Gasteiger partial charge in [0.05, 0.1) is 22.5 Å². The van der Waals surface area contributed by atoms with E-state index in [1.165, 1.54) is 12.1 Å². The lowest BCUT2D eigenvalue weighted by molar-refractivity contribution is -0.393. The van der Waals surface area contributed by atoms with Crippen LogP contribution in [0, 0.1) is 20.2 Å². The van der Waals surface area contributed by atoms with Crippen molar-refractivity contribution in [3.05, 3.63) is 108 Å². The molecule has 0 aliphatic heterocycles. The zero-order chi connectivity index (χ0) is 26.2. The highest BCUT2D eigenvalue weighted by Crippen LogP contribution is 2.29. The van der Waals surface area contributed by atoms with Gasteiger partial charge in [-0.2, -0.15) is 0 Å². The molecule has 0 atom stereocenters. The van der Waals surface area contributed by atoms with Gasteiger partial charge in [-0.05, 0) is 37.3 Å². The summed E-state index contributed by atoms with van der Waals surface area (Å²) in [6.45, 7) is 1.58. The van der Waals surface area contributed by atoms with E-state index in [1.807, 2.05) is 0 Å². The smallest absolute Gasteiger partial charge is 0.360 e. The number of nitro benzene ring substituents is 2. The van der Waals surface area contributed by atoms with Crippen molar-refractivity contribution < 1.29 is 28.6 Å². The summed E-state index contributed by atoms with van der Waals surface area (Å²) < 4.78 is 10.2. The maximum atomic E-state index is 12.5. The highest BCUT2D eigenvalue weighted by atomic mass is 16.6. The lowest BCUT2D eigenvalue weighted by Gasteiger charge is -2.09. The van der Waals surface area contributed by atoms with E-state index in [9.17, 15) is 34.6 Å². The number of nitrogens with zero attached hydrogens (tertiary/aromatic N) is 2. The maximum Gasteiger partial charge on any atom is 0.360 e. The molecule has 13 heteroatoms. The Morgan fingerprint density at radius 2 is 1.75 bits per heavy atom. The molecule has 1 amide bonds. The molecule has 36 heavy (non-hydrogen) atoms. The fraction of sp³-hybridized carbons (Fsp3) is 0.0870. The minimum Gasteiger partial charge on any atom is -0.462 e. The first-order valence-electron chi connectivity index (χ1n) is 10.3. The van der Waals surface area contributed by atoms with E-state index in [-0.39, 0.29) is 34.9 Å². The summed E-state index contributed by atoms with van der Waals surface area (Å²) in [6.07, 6.45) is 2.28. The van der Waals surface area contributed by atoms with Gasteiger partial charge in [-0.1, -0.05) is 18.2 Å². The van der Waals surface area contributed by atoms with Crippen LogP contribution in [-0.2, 0) is 4.74 Å². The summed E-state index contributed by atoms with van der Waals surface area (Å²) in [5.41, 5.74) is -2.33. The van der Waals surface area contributed by atoms with Gasteiger partial charge in [-0.15, -0.1) is 0 Å². The van der Waals surface area contributed by atoms with Crippen LogP contribution in [0.4, 0.5) is 22.7 Å². The Kier molecular flexibility index (Phi) is 7.87. The largest absolute Gasteiger partial charge is 0.462 e. The number of amides is 1. The molecule has 0 aliphatic rings. The number of benzene rings is 2. The predicted octanol–water partition coefficient (Wildman–Crippen LogP) is 3.97. The lowest BCUT2D eigenvalue weighted by atomic mass is 10.1. The number of hydrogen-bond donors (Lipinski definition) is 2. The van der Waals surface area contributed by atoms with Gasteiger partial charge in [0, 0.05) is 17.8 Å². The van der Waals surface area contributed by atoms with E-state index in [0.29, 0.717) is 0 Å². The summed E-state index contributed by atoms with van der Waals surface area (Å²) in [6, 6.07) is 12.1. The molecule has 13 nitrogen and oxygen atoms in total. The number of ether oxygens (including phenoxy) is 1. The Labute approximate surface area is 202 Å². The second-order valence-corrected chi connectivity index (χ2v) is 6.96. The average molecular weight is 494 g/mol. The Morgan fingerprint density at radius 1 is 1.03 bits per heavy atom. The topological polar surface area (TPSA) is 184 Å². The number of rotatable bonds is 9. The van der Waals surface area contributed by atoms with E-state index in [2.05, 4.69) is 10.6 Å². The maximum absolute atomic E-state index is 12.5. The number of esters is 1. The molecule has 3 rings (SSSR count). The third-order valence-electron chi connectivity index (χ3n) is 4.62. The van der Waals surface area contributed by atoms with Crippen molar-refractivity contribution in [2.75, 3.05) is 17.2 Å². The number of nitrogens with one attached hydrogen (secondary N) is 2. The van der Waals surface area contributed by atoms with Crippen LogP contribution < -0.4 is 16.3 Å². The Bertz CT molecular complexity index is 1410. The zero-order valence-corrected chi connectivity index (χ0v) is 18.6. The lowest BCUT2D eigenvalue weighted by Crippen LogP contribution is -2.20. The summed E-state index contributed by atoms with van der Waals surface area (Å²) in [5.74, 6) is -1.71. The fourth-order valence-corrected chi connectivity index (χ4v) is 2.96. The van der Waals surface area contributed by atoms with Crippen LogP contribution in [0.1, 0.15) is 33.4 Å². The van der Waals surface area contributed by atoms with Crippen LogP contribution in [0.5, 0.6) is 0 Å². The molecular weight excluding hydrogens is 476 g/mol. The molecule has 0 saturated carbocycles. The molecule has 0 aliphatic carbocycles. The number of hydrogen-bond acceptors (Lipinski definition) is 10. The van der Waals surface area contributed by atoms with Gasteiger partial charge in [-0.25, -0.2) is 9.59 Å². The van der Waals surface area contributed by atoms with Gasteiger partial charge in [-0.3, -0.25) is 25.0 Å². The van der Waals surface area contributed by atoms with Gasteiger partial charge in [0.1, 0.15) is 22.7 Å². The summed E-state index contributed by atoms with van der Waals surface area (Å²) in [4.78, 5) is 57.9. The molecule has 1 aromatic heterocycles. The molecule has 2 N–H and O–H groups in total. The number of non-ortho nitro benzene ring substituents is 1. The SMILES string of the molecule is CCOC(=O)c1cc(NC(=O)c2ccccc2)c(=O)oc1/C=C/Nc1ccc([N+](=O)[O-])cc1[N+](=O)[O-]. The fourth-order valence-electron chi connectivity index (χ4n) is 2.96. The predicted molar refractivity (Wildman–Crippen MR) is 128 cm³/mol. The van der Waals surface area contributed by atoms with Crippen LogP contribution in [0.25, 0.3) is 6.08 Å². The quantitative estimate of drug-likeness (QED) is 0.250. The third-order valence-corrected chi connectivity index (χ3v) is 4.62. The molecular formula is C23H18N4O9. The van der Waals surface area contributed by atoms with Crippen molar-refractivity contribution in [3.8, 4) is 0 Å². The third kappa shape index (κ3) is 5.96. The molecule has 0 bridgehead atoms. The standard InChI is InChI=1S/C23H18N4O9/c1-2-35-22(29)16-13-18(25-21(28)14-6-4-3-5-7-14)23(30)36-20(16)10-11-24-17-9-8-15(26(31)32)12-19(17)27(33)34/h3-13,24H,2H2,1H3,(H,25,28)/b11-10+. The van der Waals surface area contributed by atoms with Crippen molar-refractivity contribution in [1.82, 2.24) is 0 Å². The number of nitro groups is 2. The number of anilines is 2. The summed E-state index contributed by atoms with van der Waals surface area (Å²) in [5, 5.41) is 27.1. The number of carbonyl (C=O) groups excluding carboxylic acids is 2. The van der Waals surface area contributed by atoms with Crippen LogP contribution in [0.15, 0.2) is 70.0 Å². The van der Waals surface area contributed by atoms with E-state index in [1.54, 1.807) is 25.1 Å². The second kappa shape index (κ2) is 11.2. The van der Waals surface area contributed by atoms with Crippen molar-refractivity contribution in [2.45, 2.75) is 6.92 Å². The Hall–Kier alpha value is -5.33. The molecule has 3 aromatic rings. The molecule has 184 valence electrons. The molecule has 0 radical (unpaired) electrons. The second-order valence-electron chi connectivity index (χ2n) is 6.96. The van der Waals surface area contributed by atoms with Crippen LogP contribution >= 0.6 is 0 Å². The molecule has 2 aromatic carbocycles. The van der Waals surface area contributed by atoms with Gasteiger partial charge in [0.15, 0.2) is 0 Å². The number of carbonyl (C=O) groups is 2. The van der Waals surface area contributed by atoms with E-state index in [0.717, 1.165) is 36.5 Å². The monoisotopic (exact) mass is 494 g/mol. The van der Waals surface area contributed by atoms with Crippen molar-refractivity contribution >= 4 is 40.7 Å². The first-order chi connectivity index (χ1) is 17.2. The van der Waals surface area contributed by atoms with E-state index >= 15 is 0 Å². The normalized spacial score (nSPS) is 10.6. The molecule has 0 unspecified atom stereocenters. The molecule has 1 heterocycles. The Balaban J connectivity index is 1.92. The van der Waals surface area contributed by atoms with Crippen LogP contribution in [0.3, 0.4) is 0 Å². The minimum atomic E-state index is -0.965. The molecule has 0 saturated heterocycles. The summed E-state index contributed by atoms with van der Waals surface area (Å²) >= 11 is 0. The van der Waals surface area contributed by atoms with E-state index < -0.39 is 38.7 Å². The van der Waals surface area contributed by atoms with Crippen molar-refractivity contribution in [3.63, 3.8) is 0 Å². The average Bonchev–Trinajstić information content (AvgIpc) is 2.86. The highest BCUT2D eigenvalue weighted by Gasteiger charge is 2.20. The van der Waals surface area contributed by atoms with Gasteiger partial charge >= 0.3 is 11.6 Å². The zero-order valence-electron chi connectivity index (χ0n) is 18.6. The summed E-state index contributed by atoms with van der Waals surface area (Å²) in [7, 11) is 0. The first kappa shape index (κ1) is 25.3. The van der Waals surface area contributed by atoms with Gasteiger partial charge < -0.3 is 19.8 Å². The van der Waals surface area contributed by atoms with Crippen LogP contribution in [-0.4, -0.2) is 28.3 Å². The van der Waals surface area contributed by atoms with Gasteiger partial charge in [0.25, 0.3) is 17.3 Å². The first-order valence-corrected chi connectivity index (χ1v) is 10.3. The highest BCUT2D eigenvalue weighted by molar-refractivity contribution is 6.04. The van der Waals surface area contributed by atoms with E-state index in [4.69, 9.17) is 9.15 Å². The minimum absolute atomic E-state index is 0.0139.